The van der Waals surface area contributed by atoms with Gasteiger partial charge in [0.25, 0.3) is 0 Å². The number of carbonyl (C=O) groups excluding carboxylic acids is 3. The van der Waals surface area contributed by atoms with Gasteiger partial charge < -0.3 is 19.3 Å². The van der Waals surface area contributed by atoms with Crippen molar-refractivity contribution >= 4 is 17.9 Å². The van der Waals surface area contributed by atoms with Crippen LogP contribution in [0.1, 0.15) is 53.7 Å². The molecule has 0 aromatic heterocycles. The summed E-state index contributed by atoms with van der Waals surface area (Å²) < 4.78 is 56.4. The van der Waals surface area contributed by atoms with E-state index in [4.69, 9.17) is 14.2 Å². The lowest BCUT2D eigenvalue weighted by atomic mass is 9.81. The number of aliphatic hydroxyl groups excluding tert-OH is 1. The number of rotatable bonds is 16. The van der Waals surface area contributed by atoms with E-state index in [0.717, 1.165) is 41.7 Å². The summed E-state index contributed by atoms with van der Waals surface area (Å²) in [4.78, 5) is 40.8. The number of esters is 3. The first kappa shape index (κ1) is 40.7. The molecule has 0 spiro atoms. The summed E-state index contributed by atoms with van der Waals surface area (Å²) >= 11 is 0. The largest absolute Gasteiger partial charge is 0.465 e. The van der Waals surface area contributed by atoms with Gasteiger partial charge in [0.15, 0.2) is 0 Å². The van der Waals surface area contributed by atoms with E-state index in [1.165, 1.54) is 12.1 Å². The first-order valence-corrected chi connectivity index (χ1v) is 18.8. The van der Waals surface area contributed by atoms with Crippen LogP contribution in [0.3, 0.4) is 0 Å². The normalized spacial score (nSPS) is 14.2. The van der Waals surface area contributed by atoms with Crippen LogP contribution in [0.4, 0.5) is 13.2 Å². The molecule has 0 amide bonds. The van der Waals surface area contributed by atoms with Crippen LogP contribution in [0.5, 0.6) is 0 Å². The van der Waals surface area contributed by atoms with Gasteiger partial charge in [-0.1, -0.05) is 122 Å². The second kappa shape index (κ2) is 17.9. The van der Waals surface area contributed by atoms with Crippen LogP contribution >= 0.6 is 0 Å². The van der Waals surface area contributed by atoms with Crippen molar-refractivity contribution in [1.82, 2.24) is 0 Å². The van der Waals surface area contributed by atoms with Gasteiger partial charge in [0.1, 0.15) is 12.7 Å². The molecule has 5 aromatic carbocycles. The fourth-order valence-electron chi connectivity index (χ4n) is 6.68. The Kier molecular flexibility index (Phi) is 12.7. The van der Waals surface area contributed by atoms with E-state index in [1.807, 2.05) is 42.5 Å². The number of halogens is 3. The summed E-state index contributed by atoms with van der Waals surface area (Å²) in [6, 6.07) is 35.0. The molecule has 6 rings (SSSR count). The summed E-state index contributed by atoms with van der Waals surface area (Å²) in [6.07, 6.45) is -3.71. The third-order valence-corrected chi connectivity index (χ3v) is 10.0. The topological polar surface area (TPSA) is 99.1 Å². The zero-order valence-corrected chi connectivity index (χ0v) is 31.5. The molecule has 1 aliphatic carbocycles. The molecular formula is C47H43F3O7. The molecule has 57 heavy (non-hydrogen) atoms. The van der Waals surface area contributed by atoms with E-state index in [0.29, 0.717) is 27.8 Å². The molecule has 7 nitrogen and oxygen atoms in total. The Hall–Kier alpha value is -6.00. The average Bonchev–Trinajstić information content (AvgIpc) is 4.06. The minimum absolute atomic E-state index is 0.000986. The maximum Gasteiger partial charge on any atom is 0.416 e. The van der Waals surface area contributed by atoms with Gasteiger partial charge in [0.05, 0.1) is 25.2 Å². The van der Waals surface area contributed by atoms with Crippen LogP contribution in [0.2, 0.25) is 0 Å². The van der Waals surface area contributed by atoms with Crippen LogP contribution in [0.25, 0.3) is 22.3 Å². The molecular weight excluding hydrogens is 734 g/mol. The lowest BCUT2D eigenvalue weighted by molar-refractivity contribution is -0.170. The molecule has 2 atom stereocenters. The lowest BCUT2D eigenvalue weighted by Crippen LogP contribution is -2.50. The number of ether oxygens (including phenoxy) is 3. The zero-order valence-electron chi connectivity index (χ0n) is 31.5. The standard InChI is InChI=1S/C47H43F3O7/c1-3-55-44(53)46(37-14-8-5-9-15-37,45(54)56-29-32-18-19-32)30-57-42(51)28-33-20-21-36(41(27-33)34-12-6-4-7-13-34)26-31(2)43(52)40-17-11-10-16-39(40)35-22-24-38(25-23-35)47(48,49)50/h4-17,20-25,27,32,43,52H,2-3,18-19,26,28-30H2,1H3. The molecule has 1 aliphatic rings. The van der Waals surface area contributed by atoms with Gasteiger partial charge in [0, 0.05) is 0 Å². The van der Waals surface area contributed by atoms with E-state index in [9.17, 15) is 32.7 Å². The van der Waals surface area contributed by atoms with E-state index in [1.54, 1.807) is 67.6 Å². The second-order valence-corrected chi connectivity index (χ2v) is 14.1. The maximum absolute atomic E-state index is 13.7. The monoisotopic (exact) mass is 776 g/mol. The van der Waals surface area contributed by atoms with Crippen molar-refractivity contribution in [3.05, 3.63) is 167 Å². The van der Waals surface area contributed by atoms with Gasteiger partial charge >= 0.3 is 24.1 Å². The van der Waals surface area contributed by atoms with Crippen molar-refractivity contribution in [3.63, 3.8) is 0 Å². The van der Waals surface area contributed by atoms with Crippen molar-refractivity contribution in [2.45, 2.75) is 50.3 Å². The van der Waals surface area contributed by atoms with E-state index < -0.39 is 47.8 Å². The van der Waals surface area contributed by atoms with E-state index in [2.05, 4.69) is 6.58 Å². The molecule has 2 unspecified atom stereocenters. The fraction of sp³-hybridized carbons (Fsp3) is 0.255. The van der Waals surface area contributed by atoms with Crippen molar-refractivity contribution in [1.29, 1.82) is 0 Å². The highest BCUT2D eigenvalue weighted by Gasteiger charge is 2.52. The summed E-state index contributed by atoms with van der Waals surface area (Å²) in [5.74, 6) is -2.16. The summed E-state index contributed by atoms with van der Waals surface area (Å²) in [5, 5.41) is 11.6. The summed E-state index contributed by atoms with van der Waals surface area (Å²) in [7, 11) is 0. The predicted octanol–water partition coefficient (Wildman–Crippen LogP) is 9.41. The Morgan fingerprint density at radius 3 is 1.98 bits per heavy atom. The third-order valence-electron chi connectivity index (χ3n) is 10.0. The van der Waals surface area contributed by atoms with Gasteiger partial charge in [0.2, 0.25) is 5.41 Å². The smallest absolute Gasteiger partial charge is 0.416 e. The average molecular weight is 777 g/mol. The highest BCUT2D eigenvalue weighted by atomic mass is 19.4. The molecule has 0 bridgehead atoms. The minimum atomic E-state index is -4.47. The first-order chi connectivity index (χ1) is 27.4. The van der Waals surface area contributed by atoms with E-state index >= 15 is 0 Å². The van der Waals surface area contributed by atoms with Crippen molar-refractivity contribution in [3.8, 4) is 22.3 Å². The minimum Gasteiger partial charge on any atom is -0.465 e. The van der Waals surface area contributed by atoms with Gasteiger partial charge in [-0.15, -0.1) is 0 Å². The highest BCUT2D eigenvalue weighted by molar-refractivity contribution is 6.07. The number of hydrogen-bond donors (Lipinski definition) is 1. The highest BCUT2D eigenvalue weighted by Crippen LogP contribution is 2.37. The molecule has 1 saturated carbocycles. The van der Waals surface area contributed by atoms with Crippen LogP contribution in [0.15, 0.2) is 140 Å². The van der Waals surface area contributed by atoms with Crippen LogP contribution < -0.4 is 0 Å². The van der Waals surface area contributed by atoms with Crippen molar-refractivity contribution < 1.29 is 46.9 Å². The number of carbonyl (C=O) groups is 3. The molecule has 294 valence electrons. The van der Waals surface area contributed by atoms with Gasteiger partial charge in [-0.05, 0) is 94.3 Å². The third kappa shape index (κ3) is 9.70. The van der Waals surface area contributed by atoms with Crippen molar-refractivity contribution in [2.24, 2.45) is 5.92 Å². The molecule has 0 saturated heterocycles. The van der Waals surface area contributed by atoms with Crippen LogP contribution in [0, 0.1) is 5.92 Å². The Morgan fingerprint density at radius 1 is 0.719 bits per heavy atom. The lowest BCUT2D eigenvalue weighted by Gasteiger charge is -2.29. The molecule has 0 radical (unpaired) electrons. The molecule has 0 aliphatic heterocycles. The number of aliphatic hydroxyl groups is 1. The number of benzene rings is 5. The van der Waals surface area contributed by atoms with Crippen molar-refractivity contribution in [2.75, 3.05) is 19.8 Å². The van der Waals surface area contributed by atoms with Crippen LogP contribution in [-0.4, -0.2) is 42.8 Å². The van der Waals surface area contributed by atoms with E-state index in [-0.39, 0.29) is 37.5 Å². The Labute approximate surface area is 329 Å². The Morgan fingerprint density at radius 2 is 1.33 bits per heavy atom. The fourth-order valence-corrected chi connectivity index (χ4v) is 6.68. The van der Waals surface area contributed by atoms with Gasteiger partial charge in [-0.2, -0.15) is 13.2 Å². The molecule has 1 fully saturated rings. The molecule has 5 aromatic rings. The second-order valence-electron chi connectivity index (χ2n) is 14.1. The molecule has 1 N–H and O–H groups in total. The predicted molar refractivity (Wildman–Crippen MR) is 210 cm³/mol. The maximum atomic E-state index is 13.7. The first-order valence-electron chi connectivity index (χ1n) is 18.8. The molecule has 0 heterocycles. The SMILES string of the molecule is C=C(Cc1ccc(CC(=O)OCC(C(=O)OCC)(C(=O)OCC2CC2)c2ccccc2)cc1-c1ccccc1)C(O)c1ccccc1-c1ccc(C(F)(F)F)cc1. The van der Waals surface area contributed by atoms with Gasteiger partial charge in [-0.3, -0.25) is 14.4 Å². The van der Waals surface area contributed by atoms with Crippen LogP contribution in [-0.2, 0) is 53.0 Å². The number of alkyl halides is 3. The summed E-state index contributed by atoms with van der Waals surface area (Å²) in [5.41, 5.74) is 2.56. The Balaban J connectivity index is 1.22. The summed E-state index contributed by atoms with van der Waals surface area (Å²) in [6.45, 7) is 5.37. The molecule has 10 heteroatoms. The zero-order chi connectivity index (χ0) is 40.6. The van der Waals surface area contributed by atoms with Gasteiger partial charge in [-0.25, -0.2) is 0 Å². The Bertz CT molecular complexity index is 2200. The number of hydrogen-bond acceptors (Lipinski definition) is 7. The quantitative estimate of drug-likeness (QED) is 0.0462.